The number of aliphatic hydroxyl groups excluding tert-OH is 1. The van der Waals surface area contributed by atoms with Crippen molar-refractivity contribution in [2.24, 2.45) is 5.41 Å². The Labute approximate surface area is 109 Å². The van der Waals surface area contributed by atoms with Crippen LogP contribution in [0, 0.1) is 5.41 Å². The van der Waals surface area contributed by atoms with E-state index in [1.807, 2.05) is 20.8 Å². The normalized spacial score (nSPS) is 18.0. The third-order valence-electron chi connectivity index (χ3n) is 3.30. The van der Waals surface area contributed by atoms with E-state index in [1.54, 1.807) is 4.90 Å². The summed E-state index contributed by atoms with van der Waals surface area (Å²) in [6, 6.07) is -0.0762. The molecule has 0 bridgehead atoms. The minimum atomic E-state index is -0.140. The second-order valence-electron chi connectivity index (χ2n) is 5.92. The summed E-state index contributed by atoms with van der Waals surface area (Å²) in [5, 5.41) is 11.9. The van der Waals surface area contributed by atoms with Gasteiger partial charge in [0.15, 0.2) is 0 Å². The van der Waals surface area contributed by atoms with Crippen LogP contribution in [0.15, 0.2) is 0 Å². The Kier molecular flexibility index (Phi) is 5.14. The smallest absolute Gasteiger partial charge is 0.239 e. The lowest BCUT2D eigenvalue weighted by Gasteiger charge is -2.31. The number of hydrogen-bond donors (Lipinski definition) is 2. The predicted molar refractivity (Wildman–Crippen MR) is 68.9 cm³/mol. The Balaban J connectivity index is 2.48. The van der Waals surface area contributed by atoms with Crippen molar-refractivity contribution in [2.45, 2.75) is 46.1 Å². The number of amides is 2. The molecule has 0 aromatic rings. The number of nitrogens with zero attached hydrogens (tertiary/aromatic N) is 1. The molecule has 1 rings (SSSR count). The highest BCUT2D eigenvalue weighted by atomic mass is 16.3. The first kappa shape index (κ1) is 15.0. The van der Waals surface area contributed by atoms with Crippen molar-refractivity contribution in [1.29, 1.82) is 0 Å². The molecule has 0 aromatic carbocycles. The maximum Gasteiger partial charge on any atom is 0.239 e. The largest absolute Gasteiger partial charge is 0.396 e. The van der Waals surface area contributed by atoms with E-state index >= 15 is 0 Å². The number of hydrogen-bond acceptors (Lipinski definition) is 3. The van der Waals surface area contributed by atoms with E-state index in [2.05, 4.69) is 5.32 Å². The molecule has 1 unspecified atom stereocenters. The molecule has 0 saturated carbocycles. The lowest BCUT2D eigenvalue weighted by Crippen LogP contribution is -2.48. The summed E-state index contributed by atoms with van der Waals surface area (Å²) in [6.45, 7) is 6.92. The highest BCUT2D eigenvalue weighted by Crippen LogP contribution is 2.21. The molecule has 1 heterocycles. The van der Waals surface area contributed by atoms with Gasteiger partial charge in [-0.1, -0.05) is 20.8 Å². The van der Waals surface area contributed by atoms with Gasteiger partial charge < -0.3 is 15.3 Å². The number of likely N-dealkylation sites (tertiary alicyclic amines) is 1. The molecule has 5 heteroatoms. The first-order valence-corrected chi connectivity index (χ1v) is 6.52. The molecule has 18 heavy (non-hydrogen) atoms. The number of carbonyl (C=O) groups is 2. The lowest BCUT2D eigenvalue weighted by atomic mass is 9.85. The van der Waals surface area contributed by atoms with E-state index in [-0.39, 0.29) is 36.4 Å². The fourth-order valence-corrected chi connectivity index (χ4v) is 2.14. The molecule has 5 nitrogen and oxygen atoms in total. The number of aliphatic hydroxyl groups is 1. The van der Waals surface area contributed by atoms with Crippen LogP contribution in [0.2, 0.25) is 0 Å². The van der Waals surface area contributed by atoms with Gasteiger partial charge in [-0.2, -0.15) is 0 Å². The Morgan fingerprint density at radius 2 is 2.17 bits per heavy atom. The van der Waals surface area contributed by atoms with Crippen LogP contribution in [0.4, 0.5) is 0 Å². The van der Waals surface area contributed by atoms with Crippen LogP contribution in [-0.2, 0) is 9.59 Å². The second-order valence-corrected chi connectivity index (χ2v) is 5.92. The van der Waals surface area contributed by atoms with Crippen LogP contribution < -0.4 is 5.32 Å². The van der Waals surface area contributed by atoms with Crippen LogP contribution in [-0.4, -0.2) is 47.6 Å². The lowest BCUT2D eigenvalue weighted by molar-refractivity contribution is -0.133. The topological polar surface area (TPSA) is 69.6 Å². The minimum Gasteiger partial charge on any atom is -0.396 e. The quantitative estimate of drug-likeness (QED) is 0.753. The summed E-state index contributed by atoms with van der Waals surface area (Å²) in [4.78, 5) is 24.9. The van der Waals surface area contributed by atoms with Crippen LogP contribution in [0.3, 0.4) is 0 Å². The van der Waals surface area contributed by atoms with Crippen LogP contribution in [0.1, 0.15) is 40.0 Å². The zero-order chi connectivity index (χ0) is 13.8. The molecule has 0 aromatic heterocycles. The van der Waals surface area contributed by atoms with Crippen molar-refractivity contribution in [2.75, 3.05) is 19.7 Å². The Hall–Kier alpha value is -1.10. The van der Waals surface area contributed by atoms with E-state index in [0.717, 1.165) is 6.42 Å². The Morgan fingerprint density at radius 1 is 1.50 bits per heavy atom. The molecular weight excluding hydrogens is 232 g/mol. The van der Waals surface area contributed by atoms with Gasteiger partial charge in [-0.25, -0.2) is 0 Å². The summed E-state index contributed by atoms with van der Waals surface area (Å²) < 4.78 is 0. The van der Waals surface area contributed by atoms with Crippen molar-refractivity contribution in [3.05, 3.63) is 0 Å². The first-order valence-electron chi connectivity index (χ1n) is 6.52. The SMILES string of the molecule is CC(C)(C)C(CCO)NC(=O)CN1CCCC1=O. The fourth-order valence-electron chi connectivity index (χ4n) is 2.14. The van der Waals surface area contributed by atoms with Crippen molar-refractivity contribution in [3.63, 3.8) is 0 Å². The van der Waals surface area contributed by atoms with Crippen LogP contribution >= 0.6 is 0 Å². The van der Waals surface area contributed by atoms with Crippen LogP contribution in [0.25, 0.3) is 0 Å². The highest BCUT2D eigenvalue weighted by Gasteiger charge is 2.28. The predicted octanol–water partition coefficient (Wildman–Crippen LogP) is 0.522. The summed E-state index contributed by atoms with van der Waals surface area (Å²) in [5.74, 6) is -0.0850. The third-order valence-corrected chi connectivity index (χ3v) is 3.30. The highest BCUT2D eigenvalue weighted by molar-refractivity contribution is 5.85. The molecule has 104 valence electrons. The molecule has 0 aliphatic carbocycles. The maximum absolute atomic E-state index is 11.9. The summed E-state index contributed by atoms with van der Waals surface area (Å²) in [7, 11) is 0. The van der Waals surface area contributed by atoms with E-state index in [4.69, 9.17) is 5.11 Å². The summed E-state index contributed by atoms with van der Waals surface area (Å²) >= 11 is 0. The van der Waals surface area contributed by atoms with E-state index in [0.29, 0.717) is 19.4 Å². The first-order chi connectivity index (χ1) is 8.34. The second kappa shape index (κ2) is 6.18. The molecule has 1 aliphatic rings. The molecule has 0 spiro atoms. The molecule has 1 aliphatic heterocycles. The van der Waals surface area contributed by atoms with Gasteiger partial charge in [0.2, 0.25) is 11.8 Å². The molecule has 1 atom stereocenters. The molecule has 1 fully saturated rings. The molecule has 0 radical (unpaired) electrons. The molecule has 2 N–H and O–H groups in total. The van der Waals surface area contributed by atoms with Gasteiger partial charge in [-0.3, -0.25) is 9.59 Å². The van der Waals surface area contributed by atoms with E-state index in [1.165, 1.54) is 0 Å². The average molecular weight is 256 g/mol. The van der Waals surface area contributed by atoms with Crippen molar-refractivity contribution in [1.82, 2.24) is 10.2 Å². The summed E-state index contributed by atoms with van der Waals surface area (Å²) in [5.41, 5.74) is -0.104. The van der Waals surface area contributed by atoms with E-state index in [9.17, 15) is 9.59 Å². The van der Waals surface area contributed by atoms with Gasteiger partial charge in [0.25, 0.3) is 0 Å². The number of nitrogens with one attached hydrogen (secondary N) is 1. The van der Waals surface area contributed by atoms with Gasteiger partial charge in [0.1, 0.15) is 0 Å². The Bertz CT molecular complexity index is 310. The van der Waals surface area contributed by atoms with Gasteiger partial charge in [0.05, 0.1) is 6.54 Å². The fraction of sp³-hybridized carbons (Fsp3) is 0.846. The average Bonchev–Trinajstić information content (AvgIpc) is 2.62. The maximum atomic E-state index is 11.9. The Morgan fingerprint density at radius 3 is 2.61 bits per heavy atom. The molecule has 2 amide bonds. The molecule has 1 saturated heterocycles. The van der Waals surface area contributed by atoms with Gasteiger partial charge in [0, 0.05) is 25.6 Å². The van der Waals surface area contributed by atoms with E-state index < -0.39 is 0 Å². The third kappa shape index (κ3) is 4.29. The number of carbonyl (C=O) groups excluding carboxylic acids is 2. The van der Waals surface area contributed by atoms with Gasteiger partial charge >= 0.3 is 0 Å². The number of rotatable bonds is 5. The minimum absolute atomic E-state index is 0.0465. The summed E-state index contributed by atoms with van der Waals surface area (Å²) in [6.07, 6.45) is 1.92. The van der Waals surface area contributed by atoms with Crippen molar-refractivity contribution < 1.29 is 14.7 Å². The monoisotopic (exact) mass is 256 g/mol. The zero-order valence-electron chi connectivity index (χ0n) is 11.5. The standard InChI is InChI=1S/C13H24N2O3/c1-13(2,3)10(6-8-16)14-11(17)9-15-7-4-5-12(15)18/h10,16H,4-9H2,1-3H3,(H,14,17). The van der Waals surface area contributed by atoms with Crippen LogP contribution in [0.5, 0.6) is 0 Å². The van der Waals surface area contributed by atoms with Crippen molar-refractivity contribution in [3.8, 4) is 0 Å². The van der Waals surface area contributed by atoms with Crippen molar-refractivity contribution >= 4 is 11.8 Å². The molecular formula is C13H24N2O3. The van der Waals surface area contributed by atoms with Gasteiger partial charge in [-0.15, -0.1) is 0 Å². The van der Waals surface area contributed by atoms with Gasteiger partial charge in [-0.05, 0) is 18.3 Å². The zero-order valence-corrected chi connectivity index (χ0v) is 11.5.